The topological polar surface area (TPSA) is 67.9 Å². The molecule has 0 bridgehead atoms. The Labute approximate surface area is 195 Å². The lowest BCUT2D eigenvalue weighted by Gasteiger charge is -2.41. The molecular weight excluding hydrogens is 448 g/mol. The minimum atomic E-state index is -0.622. The molecule has 0 radical (unpaired) electrons. The summed E-state index contributed by atoms with van der Waals surface area (Å²) >= 11 is 7.68. The Balaban J connectivity index is 1.81. The molecule has 2 amide bonds. The lowest BCUT2D eigenvalue weighted by molar-refractivity contribution is -0.119. The number of halogens is 1. The summed E-state index contributed by atoms with van der Waals surface area (Å²) in [4.78, 5) is 29.8. The zero-order chi connectivity index (χ0) is 22.7. The first-order valence-corrected chi connectivity index (χ1v) is 11.4. The van der Waals surface area contributed by atoms with Gasteiger partial charge in [-0.15, -0.1) is 11.3 Å². The van der Waals surface area contributed by atoms with Crippen molar-refractivity contribution < 1.29 is 19.1 Å². The number of carbonyl (C=O) groups is 2. The molecule has 0 spiro atoms. The van der Waals surface area contributed by atoms with Gasteiger partial charge in [0.05, 0.1) is 31.4 Å². The normalized spacial score (nSPS) is 17.7. The number of nitrogens with zero attached hydrogens (tertiary/aromatic N) is 1. The molecule has 2 unspecified atom stereocenters. The van der Waals surface area contributed by atoms with Crippen LogP contribution in [0.3, 0.4) is 0 Å². The second-order valence-electron chi connectivity index (χ2n) is 7.35. The SMILES string of the molecule is COCCN1C(=O)c2ccccc2C(C(=O)Nc2cc(Cl)ccc2OC)C1c1cccs1. The van der Waals surface area contributed by atoms with Gasteiger partial charge in [0.1, 0.15) is 5.75 Å². The molecule has 2 atom stereocenters. The molecule has 0 saturated heterocycles. The number of ether oxygens (including phenoxy) is 2. The van der Waals surface area contributed by atoms with Crippen molar-refractivity contribution in [1.82, 2.24) is 4.90 Å². The summed E-state index contributed by atoms with van der Waals surface area (Å²) in [6.07, 6.45) is 0. The first-order chi connectivity index (χ1) is 15.5. The van der Waals surface area contributed by atoms with E-state index in [1.54, 1.807) is 36.3 Å². The highest BCUT2D eigenvalue weighted by Crippen LogP contribution is 2.45. The lowest BCUT2D eigenvalue weighted by Crippen LogP contribution is -2.47. The molecule has 1 aromatic heterocycles. The average Bonchev–Trinajstić information content (AvgIpc) is 3.33. The van der Waals surface area contributed by atoms with Crippen LogP contribution in [0.2, 0.25) is 5.02 Å². The predicted molar refractivity (Wildman–Crippen MR) is 126 cm³/mol. The fourth-order valence-electron chi connectivity index (χ4n) is 4.07. The highest BCUT2D eigenvalue weighted by molar-refractivity contribution is 7.10. The van der Waals surface area contributed by atoms with E-state index in [0.717, 1.165) is 4.88 Å². The van der Waals surface area contributed by atoms with Gasteiger partial charge in [-0.05, 0) is 41.3 Å². The Morgan fingerprint density at radius 2 is 1.97 bits per heavy atom. The van der Waals surface area contributed by atoms with Gasteiger partial charge in [-0.1, -0.05) is 35.9 Å². The standard InChI is InChI=1S/C24H23ClN2O4S/c1-30-12-11-27-22(20-8-5-13-32-20)21(16-6-3-4-7-17(16)24(27)29)23(28)26-18-14-15(25)9-10-19(18)31-2/h3-10,13-14,21-22H,11-12H2,1-2H3,(H,26,28). The highest BCUT2D eigenvalue weighted by atomic mass is 35.5. The van der Waals surface area contributed by atoms with Crippen molar-refractivity contribution in [2.45, 2.75) is 12.0 Å². The summed E-state index contributed by atoms with van der Waals surface area (Å²) in [5.41, 5.74) is 1.70. The number of hydrogen-bond acceptors (Lipinski definition) is 5. The minimum absolute atomic E-state index is 0.111. The van der Waals surface area contributed by atoms with Gasteiger partial charge in [-0.25, -0.2) is 0 Å². The predicted octanol–water partition coefficient (Wildman–Crippen LogP) is 4.98. The summed E-state index contributed by atoms with van der Waals surface area (Å²) in [5, 5.41) is 5.41. The zero-order valence-corrected chi connectivity index (χ0v) is 19.3. The van der Waals surface area contributed by atoms with Crippen LogP contribution >= 0.6 is 22.9 Å². The number of benzene rings is 2. The van der Waals surface area contributed by atoms with Gasteiger partial charge in [0, 0.05) is 29.1 Å². The van der Waals surface area contributed by atoms with Crippen LogP contribution in [0, 0.1) is 0 Å². The molecule has 3 aromatic rings. The maximum Gasteiger partial charge on any atom is 0.254 e. The smallest absolute Gasteiger partial charge is 0.254 e. The molecule has 1 N–H and O–H groups in total. The first kappa shape index (κ1) is 22.3. The molecular formula is C24H23ClN2O4S. The maximum atomic E-state index is 13.8. The summed E-state index contributed by atoms with van der Waals surface area (Å²) in [7, 11) is 3.13. The molecule has 6 nitrogen and oxygen atoms in total. The molecule has 0 saturated carbocycles. The van der Waals surface area contributed by atoms with Gasteiger partial charge < -0.3 is 19.7 Å². The first-order valence-electron chi connectivity index (χ1n) is 10.1. The Morgan fingerprint density at radius 3 is 2.69 bits per heavy atom. The van der Waals surface area contributed by atoms with Crippen LogP contribution in [-0.2, 0) is 9.53 Å². The molecule has 2 aromatic carbocycles. The lowest BCUT2D eigenvalue weighted by atomic mass is 9.81. The van der Waals surface area contributed by atoms with E-state index in [-0.39, 0.29) is 11.8 Å². The number of rotatable bonds is 7. The fourth-order valence-corrected chi connectivity index (χ4v) is 5.12. The van der Waals surface area contributed by atoms with Gasteiger partial charge >= 0.3 is 0 Å². The van der Waals surface area contributed by atoms with Crippen molar-refractivity contribution in [2.75, 3.05) is 32.7 Å². The molecule has 32 heavy (non-hydrogen) atoms. The number of fused-ring (bicyclic) bond motifs is 1. The number of methoxy groups -OCH3 is 2. The second-order valence-corrected chi connectivity index (χ2v) is 8.77. The van der Waals surface area contributed by atoms with E-state index >= 15 is 0 Å². The molecule has 0 fully saturated rings. The van der Waals surface area contributed by atoms with Crippen molar-refractivity contribution in [2.24, 2.45) is 0 Å². The van der Waals surface area contributed by atoms with Crippen molar-refractivity contribution >= 4 is 40.4 Å². The highest BCUT2D eigenvalue weighted by Gasteiger charge is 2.44. The third-order valence-electron chi connectivity index (χ3n) is 5.51. The maximum absolute atomic E-state index is 13.8. The van der Waals surface area contributed by atoms with Crippen LogP contribution in [-0.4, -0.2) is 44.1 Å². The summed E-state index contributed by atoms with van der Waals surface area (Å²) < 4.78 is 10.7. The number of hydrogen-bond donors (Lipinski definition) is 1. The number of thiophene rings is 1. The molecule has 1 aliphatic rings. The summed E-state index contributed by atoms with van der Waals surface area (Å²) in [6.45, 7) is 0.739. The number of amides is 2. The van der Waals surface area contributed by atoms with Crippen LogP contribution < -0.4 is 10.1 Å². The van der Waals surface area contributed by atoms with Gasteiger partial charge in [-0.3, -0.25) is 9.59 Å². The Bertz CT molecular complexity index is 1120. The molecule has 2 heterocycles. The van der Waals surface area contributed by atoms with E-state index in [1.807, 2.05) is 35.7 Å². The molecule has 0 aliphatic carbocycles. The summed E-state index contributed by atoms with van der Waals surface area (Å²) in [6, 6.07) is 15.8. The van der Waals surface area contributed by atoms with Crippen molar-refractivity contribution in [3.63, 3.8) is 0 Å². The Morgan fingerprint density at radius 1 is 1.16 bits per heavy atom. The molecule has 166 valence electrons. The van der Waals surface area contributed by atoms with E-state index in [0.29, 0.717) is 40.7 Å². The van der Waals surface area contributed by atoms with E-state index < -0.39 is 12.0 Å². The third-order valence-corrected chi connectivity index (χ3v) is 6.69. The molecule has 4 rings (SSSR count). The monoisotopic (exact) mass is 470 g/mol. The average molecular weight is 471 g/mol. The number of carbonyl (C=O) groups excluding carboxylic acids is 2. The Hall–Kier alpha value is -2.87. The third kappa shape index (κ3) is 4.24. The van der Waals surface area contributed by atoms with E-state index in [4.69, 9.17) is 21.1 Å². The van der Waals surface area contributed by atoms with E-state index in [1.165, 1.54) is 18.4 Å². The molecule has 8 heteroatoms. The van der Waals surface area contributed by atoms with Gasteiger partial charge in [0.2, 0.25) is 5.91 Å². The van der Waals surface area contributed by atoms with Crippen molar-refractivity contribution in [1.29, 1.82) is 0 Å². The van der Waals surface area contributed by atoms with Crippen LogP contribution in [0.1, 0.15) is 32.8 Å². The Kier molecular flexibility index (Phi) is 6.79. The zero-order valence-electron chi connectivity index (χ0n) is 17.7. The van der Waals surface area contributed by atoms with E-state index in [9.17, 15) is 9.59 Å². The quantitative estimate of drug-likeness (QED) is 0.529. The second kappa shape index (κ2) is 9.73. The van der Waals surface area contributed by atoms with Gasteiger partial charge in [0.25, 0.3) is 5.91 Å². The largest absolute Gasteiger partial charge is 0.495 e. The summed E-state index contributed by atoms with van der Waals surface area (Å²) in [5.74, 6) is -0.471. The minimum Gasteiger partial charge on any atom is -0.495 e. The van der Waals surface area contributed by atoms with Crippen molar-refractivity contribution in [3.8, 4) is 5.75 Å². The van der Waals surface area contributed by atoms with Gasteiger partial charge in [-0.2, -0.15) is 0 Å². The molecule has 1 aliphatic heterocycles. The number of nitrogens with one attached hydrogen (secondary N) is 1. The number of anilines is 1. The van der Waals surface area contributed by atoms with Crippen LogP contribution in [0.5, 0.6) is 5.75 Å². The van der Waals surface area contributed by atoms with Crippen molar-refractivity contribution in [3.05, 3.63) is 81.0 Å². The van der Waals surface area contributed by atoms with Crippen LogP contribution in [0.25, 0.3) is 0 Å². The fraction of sp³-hybridized carbons (Fsp3) is 0.250. The van der Waals surface area contributed by atoms with E-state index in [2.05, 4.69) is 5.32 Å². The van der Waals surface area contributed by atoms with Gasteiger partial charge in [0.15, 0.2) is 0 Å². The van der Waals surface area contributed by atoms with Crippen LogP contribution in [0.4, 0.5) is 5.69 Å². The van der Waals surface area contributed by atoms with Crippen LogP contribution in [0.15, 0.2) is 60.0 Å².